The van der Waals surface area contributed by atoms with Crippen LogP contribution in [0.5, 0.6) is 5.75 Å². The van der Waals surface area contributed by atoms with Gasteiger partial charge in [-0.3, -0.25) is 15.0 Å². The van der Waals surface area contributed by atoms with Gasteiger partial charge in [0.1, 0.15) is 0 Å². The summed E-state index contributed by atoms with van der Waals surface area (Å²) in [6.45, 7) is 9.30. The van der Waals surface area contributed by atoms with Crippen LogP contribution in [0.2, 0.25) is 0 Å². The van der Waals surface area contributed by atoms with E-state index in [0.717, 1.165) is 31.6 Å². The first kappa shape index (κ1) is 16.7. The van der Waals surface area contributed by atoms with Gasteiger partial charge in [0.25, 0.3) is 0 Å². The smallest absolute Gasteiger partial charge is 0.310 e. The fourth-order valence-corrected chi connectivity index (χ4v) is 2.83. The molecule has 122 valence electrons. The van der Waals surface area contributed by atoms with Crippen LogP contribution in [0.4, 0.5) is 5.69 Å². The van der Waals surface area contributed by atoms with Crippen LogP contribution in [-0.2, 0) is 4.74 Å². The minimum atomic E-state index is -0.403. The molecule has 0 radical (unpaired) electrons. The number of hydrogen-bond acceptors (Lipinski definition) is 5. The van der Waals surface area contributed by atoms with Crippen LogP contribution in [0, 0.1) is 17.0 Å². The molecule has 0 spiro atoms. The standard InChI is InChI=1S/C16H24N2O4/c1-12-5-6-15(18(19)20)16(9-12)21-8-4-7-17-10-13(2)22-14(3)11-17/h5-6,9,13-14H,4,7-8,10-11H2,1-3H3. The molecule has 2 atom stereocenters. The quantitative estimate of drug-likeness (QED) is 0.459. The van der Waals surface area contributed by atoms with Gasteiger partial charge in [-0.15, -0.1) is 0 Å². The molecule has 1 aromatic carbocycles. The number of morpholine rings is 1. The zero-order valence-corrected chi connectivity index (χ0v) is 13.4. The SMILES string of the molecule is Cc1ccc([N+](=O)[O-])c(OCCCN2CC(C)OC(C)C2)c1. The molecule has 1 aliphatic heterocycles. The van der Waals surface area contributed by atoms with E-state index in [4.69, 9.17) is 9.47 Å². The van der Waals surface area contributed by atoms with Gasteiger partial charge in [-0.25, -0.2) is 0 Å². The van der Waals surface area contributed by atoms with Gasteiger partial charge >= 0.3 is 5.69 Å². The summed E-state index contributed by atoms with van der Waals surface area (Å²) < 4.78 is 11.3. The molecule has 0 saturated carbocycles. The molecule has 1 aromatic rings. The molecule has 1 fully saturated rings. The topological polar surface area (TPSA) is 64.8 Å². The highest BCUT2D eigenvalue weighted by atomic mass is 16.6. The maximum absolute atomic E-state index is 11.0. The highest BCUT2D eigenvalue weighted by Gasteiger charge is 2.21. The fourth-order valence-electron chi connectivity index (χ4n) is 2.83. The number of hydrogen-bond donors (Lipinski definition) is 0. The van der Waals surface area contributed by atoms with Crippen LogP contribution in [0.1, 0.15) is 25.8 Å². The first-order valence-corrected chi connectivity index (χ1v) is 7.71. The first-order chi connectivity index (χ1) is 10.5. The average Bonchev–Trinajstić information content (AvgIpc) is 2.42. The Morgan fingerprint density at radius 2 is 2.05 bits per heavy atom. The molecule has 1 saturated heterocycles. The lowest BCUT2D eigenvalue weighted by Gasteiger charge is -2.35. The summed E-state index contributed by atoms with van der Waals surface area (Å²) >= 11 is 0. The van der Waals surface area contributed by atoms with Crippen LogP contribution in [0.3, 0.4) is 0 Å². The van der Waals surface area contributed by atoms with Crippen LogP contribution < -0.4 is 4.74 Å². The molecule has 0 aromatic heterocycles. The highest BCUT2D eigenvalue weighted by Crippen LogP contribution is 2.27. The van der Waals surface area contributed by atoms with Gasteiger partial charge in [0, 0.05) is 25.7 Å². The lowest BCUT2D eigenvalue weighted by Crippen LogP contribution is -2.45. The zero-order valence-electron chi connectivity index (χ0n) is 13.4. The minimum absolute atomic E-state index is 0.0271. The summed E-state index contributed by atoms with van der Waals surface area (Å²) in [5.74, 6) is 0.355. The van der Waals surface area contributed by atoms with E-state index in [1.54, 1.807) is 12.1 Å². The van der Waals surface area contributed by atoms with E-state index in [0.29, 0.717) is 12.4 Å². The Kier molecular flexibility index (Phi) is 5.74. The van der Waals surface area contributed by atoms with Crippen molar-refractivity contribution in [3.05, 3.63) is 33.9 Å². The lowest BCUT2D eigenvalue weighted by molar-refractivity contribution is -0.385. The van der Waals surface area contributed by atoms with Gasteiger partial charge in [0.05, 0.1) is 23.7 Å². The van der Waals surface area contributed by atoms with Crippen molar-refractivity contribution in [1.29, 1.82) is 0 Å². The average molecular weight is 308 g/mol. The molecule has 0 amide bonds. The minimum Gasteiger partial charge on any atom is -0.487 e. The molecule has 22 heavy (non-hydrogen) atoms. The van der Waals surface area contributed by atoms with E-state index in [1.807, 2.05) is 6.92 Å². The molecule has 2 rings (SSSR count). The van der Waals surface area contributed by atoms with Crippen LogP contribution in [0.15, 0.2) is 18.2 Å². The third-order valence-electron chi connectivity index (χ3n) is 3.68. The van der Waals surface area contributed by atoms with Crippen molar-refractivity contribution >= 4 is 5.69 Å². The van der Waals surface area contributed by atoms with Crippen molar-refractivity contribution in [3.63, 3.8) is 0 Å². The van der Waals surface area contributed by atoms with Gasteiger partial charge in [-0.2, -0.15) is 0 Å². The van der Waals surface area contributed by atoms with E-state index in [1.165, 1.54) is 6.07 Å². The predicted octanol–water partition coefficient (Wildman–Crippen LogP) is 2.78. The molecular formula is C16H24N2O4. The number of rotatable bonds is 6. The second-order valence-corrected chi connectivity index (χ2v) is 5.95. The Bertz CT molecular complexity index is 511. The summed E-state index contributed by atoms with van der Waals surface area (Å²) in [5.41, 5.74) is 0.982. The Balaban J connectivity index is 1.81. The number of nitro groups is 1. The van der Waals surface area contributed by atoms with Crippen molar-refractivity contribution in [3.8, 4) is 5.75 Å². The van der Waals surface area contributed by atoms with Crippen molar-refractivity contribution < 1.29 is 14.4 Å². The van der Waals surface area contributed by atoms with Gasteiger partial charge < -0.3 is 9.47 Å². The van der Waals surface area contributed by atoms with Crippen molar-refractivity contribution in [2.75, 3.05) is 26.2 Å². The fraction of sp³-hybridized carbons (Fsp3) is 0.625. The lowest BCUT2D eigenvalue weighted by atomic mass is 10.2. The molecule has 1 aliphatic rings. The molecule has 0 N–H and O–H groups in total. The third-order valence-corrected chi connectivity index (χ3v) is 3.68. The normalized spacial score (nSPS) is 22.5. The monoisotopic (exact) mass is 308 g/mol. The maximum atomic E-state index is 11.0. The molecular weight excluding hydrogens is 284 g/mol. The second kappa shape index (κ2) is 7.56. The van der Waals surface area contributed by atoms with Gasteiger partial charge in [0.2, 0.25) is 0 Å². The second-order valence-electron chi connectivity index (χ2n) is 5.95. The predicted molar refractivity (Wildman–Crippen MR) is 84.4 cm³/mol. The van der Waals surface area contributed by atoms with Crippen molar-refractivity contribution in [2.45, 2.75) is 39.4 Å². The first-order valence-electron chi connectivity index (χ1n) is 7.71. The number of nitro benzene ring substituents is 1. The Hall–Kier alpha value is -1.66. The van der Waals surface area contributed by atoms with E-state index in [2.05, 4.69) is 18.7 Å². The number of benzene rings is 1. The third kappa shape index (κ3) is 4.68. The summed E-state index contributed by atoms with van der Waals surface area (Å²) in [5, 5.41) is 11.0. The number of nitrogens with zero attached hydrogens (tertiary/aromatic N) is 2. The summed E-state index contributed by atoms with van der Waals surface area (Å²) in [4.78, 5) is 12.9. The van der Waals surface area contributed by atoms with Crippen LogP contribution in [-0.4, -0.2) is 48.3 Å². The zero-order chi connectivity index (χ0) is 16.1. The van der Waals surface area contributed by atoms with Crippen molar-refractivity contribution in [2.24, 2.45) is 0 Å². The molecule has 0 bridgehead atoms. The van der Waals surface area contributed by atoms with Gasteiger partial charge in [0.15, 0.2) is 5.75 Å². The molecule has 2 unspecified atom stereocenters. The molecule has 6 heteroatoms. The van der Waals surface area contributed by atoms with Crippen LogP contribution >= 0.6 is 0 Å². The summed E-state index contributed by atoms with van der Waals surface area (Å²) in [7, 11) is 0. The Labute approximate surface area is 131 Å². The van der Waals surface area contributed by atoms with E-state index >= 15 is 0 Å². The number of ether oxygens (including phenoxy) is 2. The summed E-state index contributed by atoms with van der Waals surface area (Å²) in [6, 6.07) is 4.94. The van der Waals surface area contributed by atoms with Crippen molar-refractivity contribution in [1.82, 2.24) is 4.90 Å². The van der Waals surface area contributed by atoms with Crippen LogP contribution in [0.25, 0.3) is 0 Å². The number of aryl methyl sites for hydroxylation is 1. The Morgan fingerprint density at radius 3 is 2.68 bits per heavy atom. The van der Waals surface area contributed by atoms with E-state index in [-0.39, 0.29) is 17.9 Å². The highest BCUT2D eigenvalue weighted by molar-refractivity contribution is 5.48. The van der Waals surface area contributed by atoms with E-state index in [9.17, 15) is 10.1 Å². The Morgan fingerprint density at radius 1 is 1.36 bits per heavy atom. The van der Waals surface area contributed by atoms with Gasteiger partial charge in [-0.05, 0) is 38.8 Å². The largest absolute Gasteiger partial charge is 0.487 e. The maximum Gasteiger partial charge on any atom is 0.310 e. The molecule has 6 nitrogen and oxygen atoms in total. The molecule has 1 heterocycles. The van der Waals surface area contributed by atoms with E-state index < -0.39 is 4.92 Å². The molecule has 0 aliphatic carbocycles. The van der Waals surface area contributed by atoms with Gasteiger partial charge in [-0.1, -0.05) is 6.07 Å². The summed E-state index contributed by atoms with van der Waals surface area (Å²) in [6.07, 6.45) is 1.34.